The Bertz CT molecular complexity index is 1120. The molecule has 1 heterocycles. The molecule has 0 radical (unpaired) electrons. The van der Waals surface area contributed by atoms with Crippen molar-refractivity contribution in [1.29, 1.82) is 0 Å². The summed E-state index contributed by atoms with van der Waals surface area (Å²) in [4.78, 5) is 30.2. The number of carbonyl (C=O) groups is 2. The Morgan fingerprint density at radius 1 is 0.788 bits per heavy atom. The predicted octanol–water partition coefficient (Wildman–Crippen LogP) is 4.25. The first-order chi connectivity index (χ1) is 16.0. The van der Waals surface area contributed by atoms with Crippen LogP contribution in [0.5, 0.6) is 0 Å². The largest absolute Gasteiger partial charge is 0.322 e. The average molecular weight is 443 g/mol. The topological polar surface area (TPSA) is 64.7 Å². The molecular formula is C27H30N4O2. The van der Waals surface area contributed by atoms with E-state index >= 15 is 0 Å². The summed E-state index contributed by atoms with van der Waals surface area (Å²) in [5.41, 5.74) is 4.53. The summed E-state index contributed by atoms with van der Waals surface area (Å²) in [6.45, 7) is 7.03. The third kappa shape index (κ3) is 6.06. The van der Waals surface area contributed by atoms with Gasteiger partial charge in [-0.15, -0.1) is 0 Å². The van der Waals surface area contributed by atoms with E-state index in [-0.39, 0.29) is 11.8 Å². The first-order valence-electron chi connectivity index (χ1n) is 11.3. The van der Waals surface area contributed by atoms with Crippen LogP contribution < -0.4 is 10.6 Å². The SMILES string of the molecule is Cc1ccc(C(=O)Nc2cccc(CN3CCN(C)CC3)c2)cc1NC(=O)c1ccccc1. The summed E-state index contributed by atoms with van der Waals surface area (Å²) in [6.07, 6.45) is 0. The van der Waals surface area contributed by atoms with Crippen molar-refractivity contribution in [3.05, 3.63) is 95.1 Å². The molecule has 0 aromatic heterocycles. The van der Waals surface area contributed by atoms with Crippen LogP contribution in [0.3, 0.4) is 0 Å². The molecule has 4 rings (SSSR count). The molecule has 170 valence electrons. The lowest BCUT2D eigenvalue weighted by Gasteiger charge is -2.32. The summed E-state index contributed by atoms with van der Waals surface area (Å²) < 4.78 is 0. The van der Waals surface area contributed by atoms with Crippen molar-refractivity contribution in [3.8, 4) is 0 Å². The zero-order chi connectivity index (χ0) is 23.2. The lowest BCUT2D eigenvalue weighted by molar-refractivity contribution is 0.101. The van der Waals surface area contributed by atoms with Crippen molar-refractivity contribution < 1.29 is 9.59 Å². The number of benzene rings is 3. The molecule has 3 aromatic carbocycles. The zero-order valence-electron chi connectivity index (χ0n) is 19.2. The molecule has 0 atom stereocenters. The van der Waals surface area contributed by atoms with Crippen LogP contribution in [0.1, 0.15) is 31.8 Å². The van der Waals surface area contributed by atoms with Crippen LogP contribution >= 0.6 is 0 Å². The maximum absolute atomic E-state index is 12.9. The highest BCUT2D eigenvalue weighted by Gasteiger charge is 2.15. The van der Waals surface area contributed by atoms with Crippen LogP contribution in [0.15, 0.2) is 72.8 Å². The number of rotatable bonds is 6. The fourth-order valence-corrected chi connectivity index (χ4v) is 3.90. The number of hydrogen-bond donors (Lipinski definition) is 2. The Hall–Kier alpha value is -3.48. The first-order valence-corrected chi connectivity index (χ1v) is 11.3. The minimum Gasteiger partial charge on any atom is -0.322 e. The fraction of sp³-hybridized carbons (Fsp3) is 0.259. The molecule has 6 nitrogen and oxygen atoms in total. The van der Waals surface area contributed by atoms with Gasteiger partial charge in [0.15, 0.2) is 0 Å². The molecule has 33 heavy (non-hydrogen) atoms. The van der Waals surface area contributed by atoms with Crippen LogP contribution in [0, 0.1) is 6.92 Å². The molecule has 6 heteroatoms. The molecule has 1 saturated heterocycles. The second-order valence-electron chi connectivity index (χ2n) is 8.58. The molecule has 2 N–H and O–H groups in total. The van der Waals surface area contributed by atoms with Crippen molar-refractivity contribution in [2.75, 3.05) is 43.9 Å². The number of amides is 2. The highest BCUT2D eigenvalue weighted by Crippen LogP contribution is 2.20. The van der Waals surface area contributed by atoms with Crippen molar-refractivity contribution in [2.24, 2.45) is 0 Å². The molecule has 3 aromatic rings. The number of likely N-dealkylation sites (N-methyl/N-ethyl adjacent to an activating group) is 1. The second kappa shape index (κ2) is 10.4. The van der Waals surface area contributed by atoms with Gasteiger partial charge >= 0.3 is 0 Å². The second-order valence-corrected chi connectivity index (χ2v) is 8.58. The van der Waals surface area contributed by atoms with Crippen molar-refractivity contribution in [3.63, 3.8) is 0 Å². The van der Waals surface area contributed by atoms with Crippen LogP contribution in [-0.2, 0) is 6.54 Å². The highest BCUT2D eigenvalue weighted by atomic mass is 16.2. The molecule has 0 spiro atoms. The Morgan fingerprint density at radius 3 is 2.27 bits per heavy atom. The molecular weight excluding hydrogens is 412 g/mol. The summed E-state index contributed by atoms with van der Waals surface area (Å²) in [7, 11) is 2.15. The van der Waals surface area contributed by atoms with E-state index < -0.39 is 0 Å². The Kier molecular flexibility index (Phi) is 7.17. The molecule has 2 amide bonds. The summed E-state index contributed by atoms with van der Waals surface area (Å²) in [5, 5.41) is 5.91. The number of aryl methyl sites for hydroxylation is 1. The average Bonchev–Trinajstić information content (AvgIpc) is 2.82. The Morgan fingerprint density at radius 2 is 1.52 bits per heavy atom. The van der Waals surface area contributed by atoms with Crippen LogP contribution in [0.4, 0.5) is 11.4 Å². The molecule has 0 bridgehead atoms. The van der Waals surface area contributed by atoms with Gasteiger partial charge in [-0.1, -0.05) is 36.4 Å². The van der Waals surface area contributed by atoms with Crippen LogP contribution in [0.25, 0.3) is 0 Å². The van der Waals surface area contributed by atoms with Crippen molar-refractivity contribution in [2.45, 2.75) is 13.5 Å². The smallest absolute Gasteiger partial charge is 0.255 e. The molecule has 1 aliphatic rings. The third-order valence-corrected chi connectivity index (χ3v) is 5.97. The molecule has 1 fully saturated rings. The minimum atomic E-state index is -0.207. The zero-order valence-corrected chi connectivity index (χ0v) is 19.2. The van der Waals surface area contributed by atoms with Crippen molar-refractivity contribution >= 4 is 23.2 Å². The van der Waals surface area contributed by atoms with Crippen molar-refractivity contribution in [1.82, 2.24) is 9.80 Å². The monoisotopic (exact) mass is 442 g/mol. The van der Waals surface area contributed by atoms with Gasteiger partial charge in [-0.3, -0.25) is 14.5 Å². The summed E-state index contributed by atoms with van der Waals surface area (Å²) >= 11 is 0. The first kappa shape index (κ1) is 22.7. The Labute approximate surface area is 195 Å². The van der Waals surface area contributed by atoms with Gasteiger partial charge in [-0.25, -0.2) is 0 Å². The number of nitrogens with zero attached hydrogens (tertiary/aromatic N) is 2. The highest BCUT2D eigenvalue weighted by molar-refractivity contribution is 6.07. The van der Waals surface area contributed by atoms with Gasteiger partial charge in [-0.2, -0.15) is 0 Å². The number of anilines is 2. The lowest BCUT2D eigenvalue weighted by Crippen LogP contribution is -2.43. The van der Waals surface area contributed by atoms with Gasteiger partial charge in [0.25, 0.3) is 11.8 Å². The normalized spacial score (nSPS) is 14.6. The molecule has 0 unspecified atom stereocenters. The molecule has 0 saturated carbocycles. The lowest BCUT2D eigenvalue weighted by atomic mass is 10.1. The van der Waals surface area contributed by atoms with Gasteiger partial charge < -0.3 is 15.5 Å². The molecule has 1 aliphatic heterocycles. The Balaban J connectivity index is 1.42. The van der Waals surface area contributed by atoms with E-state index in [0.29, 0.717) is 16.8 Å². The quantitative estimate of drug-likeness (QED) is 0.599. The standard InChI is InChI=1S/C27H30N4O2/c1-20-11-12-23(18-25(20)29-26(32)22-8-4-3-5-9-22)27(33)28-24-10-6-7-21(17-24)19-31-15-13-30(2)14-16-31/h3-12,17-18H,13-16,19H2,1-2H3,(H,28,33)(H,29,32). The fourth-order valence-electron chi connectivity index (χ4n) is 3.90. The number of piperazine rings is 1. The van der Waals surface area contributed by atoms with E-state index in [9.17, 15) is 9.59 Å². The van der Waals surface area contributed by atoms with E-state index in [4.69, 9.17) is 0 Å². The number of carbonyl (C=O) groups excluding carboxylic acids is 2. The van der Waals surface area contributed by atoms with Crippen LogP contribution in [-0.4, -0.2) is 54.8 Å². The van der Waals surface area contributed by atoms with E-state index in [1.165, 1.54) is 5.56 Å². The van der Waals surface area contributed by atoms with Gasteiger partial charge in [-0.05, 0) is 61.5 Å². The van der Waals surface area contributed by atoms with E-state index in [1.807, 2.05) is 49.4 Å². The van der Waals surface area contributed by atoms with Gasteiger partial charge in [0.2, 0.25) is 0 Å². The van der Waals surface area contributed by atoms with Gasteiger partial charge in [0, 0.05) is 55.2 Å². The maximum Gasteiger partial charge on any atom is 0.255 e. The minimum absolute atomic E-state index is 0.201. The predicted molar refractivity (Wildman–Crippen MR) is 133 cm³/mol. The number of nitrogens with one attached hydrogen (secondary N) is 2. The maximum atomic E-state index is 12.9. The molecule has 0 aliphatic carbocycles. The number of hydrogen-bond acceptors (Lipinski definition) is 4. The summed E-state index contributed by atoms with van der Waals surface area (Å²) in [5.74, 6) is -0.408. The van der Waals surface area contributed by atoms with E-state index in [2.05, 4.69) is 33.5 Å². The van der Waals surface area contributed by atoms with Gasteiger partial charge in [0.1, 0.15) is 0 Å². The summed E-state index contributed by atoms with van der Waals surface area (Å²) in [6, 6.07) is 22.4. The van der Waals surface area contributed by atoms with E-state index in [0.717, 1.165) is 44.0 Å². The third-order valence-electron chi connectivity index (χ3n) is 5.97. The van der Waals surface area contributed by atoms with E-state index in [1.54, 1.807) is 24.3 Å². The van der Waals surface area contributed by atoms with Crippen LogP contribution in [0.2, 0.25) is 0 Å². The van der Waals surface area contributed by atoms with Gasteiger partial charge in [0.05, 0.1) is 0 Å².